The van der Waals surface area contributed by atoms with E-state index in [0.717, 1.165) is 11.7 Å². The second-order valence-electron chi connectivity index (χ2n) is 3.30. The van der Waals surface area contributed by atoms with Gasteiger partial charge in [0.25, 0.3) is 0 Å². The van der Waals surface area contributed by atoms with Gasteiger partial charge in [0.05, 0.1) is 0 Å². The molecule has 1 saturated carbocycles. The highest BCUT2D eigenvalue weighted by molar-refractivity contribution is 5.75. The second-order valence-corrected chi connectivity index (χ2v) is 3.30. The lowest BCUT2D eigenvalue weighted by Gasteiger charge is -1.88. The lowest BCUT2D eigenvalue weighted by molar-refractivity contribution is 0.320. The van der Waals surface area contributed by atoms with Crippen LogP contribution in [-0.2, 0) is 0 Å². The minimum atomic E-state index is 0.589. The molecule has 2 atom stereocenters. The van der Waals surface area contributed by atoms with Crippen molar-refractivity contribution in [1.82, 2.24) is 0 Å². The Balaban J connectivity index is 2.14. The quantitative estimate of drug-likeness (QED) is 0.415. The number of nitrogens with zero attached hydrogens (tertiary/aromatic N) is 1. The molecule has 0 radical (unpaired) electrons. The molecule has 3 heteroatoms. The Kier molecular flexibility index (Phi) is 1.64. The summed E-state index contributed by atoms with van der Waals surface area (Å²) in [5.74, 6) is 2.96. The highest BCUT2D eigenvalue weighted by atomic mass is 16.4. The lowest BCUT2D eigenvalue weighted by atomic mass is 10.3. The monoisotopic (exact) mass is 165 g/mol. The van der Waals surface area contributed by atoms with E-state index in [4.69, 9.17) is 9.62 Å². The molecular weight excluding hydrogens is 154 g/mol. The smallest absolute Gasteiger partial charge is 0.148 e. The minimum absolute atomic E-state index is 0.589. The van der Waals surface area contributed by atoms with Gasteiger partial charge in [-0.05, 0) is 24.5 Å². The maximum Gasteiger partial charge on any atom is 0.148 e. The topological polar surface area (TPSA) is 45.7 Å². The molecule has 0 unspecified atom stereocenters. The molecule has 0 bridgehead atoms. The van der Waals surface area contributed by atoms with E-state index in [2.05, 4.69) is 12.1 Å². The third-order valence-corrected chi connectivity index (χ3v) is 2.31. The Hall–Kier alpha value is -1.25. The van der Waals surface area contributed by atoms with E-state index >= 15 is 0 Å². The highest BCUT2D eigenvalue weighted by Gasteiger charge is 2.36. The summed E-state index contributed by atoms with van der Waals surface area (Å²) in [4.78, 5) is 0. The lowest BCUT2D eigenvalue weighted by Crippen LogP contribution is -1.75. The molecule has 64 valence electrons. The average molecular weight is 165 g/mol. The SMILES string of the molecule is C[C@H]1C[C@@H]1c1ccc(C=NO)o1. The predicted octanol–water partition coefficient (Wildman–Crippen LogP) is 2.21. The third-order valence-electron chi connectivity index (χ3n) is 2.31. The first-order chi connectivity index (χ1) is 5.81. The van der Waals surface area contributed by atoms with Crippen LogP contribution >= 0.6 is 0 Å². The van der Waals surface area contributed by atoms with Crippen LogP contribution in [0, 0.1) is 5.92 Å². The summed E-state index contributed by atoms with van der Waals surface area (Å²) in [5.41, 5.74) is 0. The summed E-state index contributed by atoms with van der Waals surface area (Å²) in [6.45, 7) is 2.20. The molecule has 0 amide bonds. The standard InChI is InChI=1S/C9H11NO2/c1-6-4-8(6)9-3-2-7(12-9)5-10-11/h2-3,5-6,8,11H,4H2,1H3/t6-,8-/m0/s1. The Morgan fingerprint density at radius 1 is 1.67 bits per heavy atom. The summed E-state index contributed by atoms with van der Waals surface area (Å²) in [6, 6.07) is 3.77. The van der Waals surface area contributed by atoms with Crippen LogP contribution in [0.2, 0.25) is 0 Å². The first-order valence-electron chi connectivity index (χ1n) is 4.08. The molecule has 0 saturated heterocycles. The normalized spacial score (nSPS) is 28.1. The molecule has 0 aromatic carbocycles. The van der Waals surface area contributed by atoms with E-state index < -0.39 is 0 Å². The van der Waals surface area contributed by atoms with Gasteiger partial charge < -0.3 is 9.62 Å². The molecule has 1 N–H and O–H groups in total. The Labute approximate surface area is 70.7 Å². The zero-order chi connectivity index (χ0) is 8.55. The molecule has 0 aliphatic heterocycles. The Morgan fingerprint density at radius 3 is 3.00 bits per heavy atom. The van der Waals surface area contributed by atoms with E-state index in [9.17, 15) is 0 Å². The minimum Gasteiger partial charge on any atom is -0.460 e. The Morgan fingerprint density at radius 2 is 2.42 bits per heavy atom. The van der Waals surface area contributed by atoms with Crippen molar-refractivity contribution in [3.8, 4) is 0 Å². The fourth-order valence-electron chi connectivity index (χ4n) is 1.41. The van der Waals surface area contributed by atoms with Crippen molar-refractivity contribution in [2.75, 3.05) is 0 Å². The molecular formula is C9H11NO2. The summed E-state index contributed by atoms with van der Waals surface area (Å²) in [5, 5.41) is 11.1. The zero-order valence-electron chi connectivity index (χ0n) is 6.90. The van der Waals surface area contributed by atoms with Gasteiger partial charge in [-0.3, -0.25) is 0 Å². The van der Waals surface area contributed by atoms with Crippen LogP contribution in [0.3, 0.4) is 0 Å². The molecule has 1 fully saturated rings. The van der Waals surface area contributed by atoms with Gasteiger partial charge in [-0.2, -0.15) is 0 Å². The highest BCUT2D eigenvalue weighted by Crippen LogP contribution is 2.47. The molecule has 0 spiro atoms. The molecule has 1 aliphatic carbocycles. The third kappa shape index (κ3) is 1.22. The summed E-state index contributed by atoms with van der Waals surface area (Å²) in [7, 11) is 0. The van der Waals surface area contributed by atoms with Crippen LogP contribution in [0.15, 0.2) is 21.7 Å². The number of oxime groups is 1. The van der Waals surface area contributed by atoms with Crippen LogP contribution in [0.4, 0.5) is 0 Å². The number of hydrogen-bond donors (Lipinski definition) is 1. The van der Waals surface area contributed by atoms with Gasteiger partial charge in [0, 0.05) is 5.92 Å². The number of hydrogen-bond acceptors (Lipinski definition) is 3. The van der Waals surface area contributed by atoms with Gasteiger partial charge in [-0.1, -0.05) is 12.1 Å². The van der Waals surface area contributed by atoms with Crippen molar-refractivity contribution >= 4 is 6.21 Å². The molecule has 1 aliphatic rings. The van der Waals surface area contributed by atoms with Crippen LogP contribution in [-0.4, -0.2) is 11.4 Å². The average Bonchev–Trinajstić information content (AvgIpc) is 2.62. The fourth-order valence-corrected chi connectivity index (χ4v) is 1.41. The molecule has 1 aromatic rings. The Bertz CT molecular complexity index is 303. The zero-order valence-corrected chi connectivity index (χ0v) is 6.90. The number of rotatable bonds is 2. The van der Waals surface area contributed by atoms with Crippen LogP contribution in [0.25, 0.3) is 0 Å². The van der Waals surface area contributed by atoms with Gasteiger partial charge in [0.2, 0.25) is 0 Å². The summed E-state index contributed by atoms with van der Waals surface area (Å²) in [6.07, 6.45) is 2.51. The van der Waals surface area contributed by atoms with Crippen molar-refractivity contribution in [2.45, 2.75) is 19.3 Å². The molecule has 3 nitrogen and oxygen atoms in total. The van der Waals surface area contributed by atoms with Gasteiger partial charge in [-0.15, -0.1) is 0 Å². The van der Waals surface area contributed by atoms with E-state index in [-0.39, 0.29) is 0 Å². The van der Waals surface area contributed by atoms with Gasteiger partial charge >= 0.3 is 0 Å². The van der Waals surface area contributed by atoms with Gasteiger partial charge in [-0.25, -0.2) is 0 Å². The first-order valence-corrected chi connectivity index (χ1v) is 4.08. The van der Waals surface area contributed by atoms with E-state index in [1.54, 1.807) is 0 Å². The van der Waals surface area contributed by atoms with Crippen molar-refractivity contribution < 1.29 is 9.62 Å². The molecule has 12 heavy (non-hydrogen) atoms. The van der Waals surface area contributed by atoms with Crippen LogP contribution in [0.5, 0.6) is 0 Å². The molecule has 1 heterocycles. The largest absolute Gasteiger partial charge is 0.460 e. The van der Waals surface area contributed by atoms with Crippen LogP contribution in [0.1, 0.15) is 30.8 Å². The number of furan rings is 1. The van der Waals surface area contributed by atoms with E-state index in [1.165, 1.54) is 12.6 Å². The van der Waals surface area contributed by atoms with E-state index in [0.29, 0.717) is 11.7 Å². The van der Waals surface area contributed by atoms with Crippen molar-refractivity contribution in [3.05, 3.63) is 23.7 Å². The van der Waals surface area contributed by atoms with Crippen molar-refractivity contribution in [3.63, 3.8) is 0 Å². The van der Waals surface area contributed by atoms with Crippen molar-refractivity contribution in [2.24, 2.45) is 11.1 Å². The second kappa shape index (κ2) is 2.66. The van der Waals surface area contributed by atoms with Crippen molar-refractivity contribution in [1.29, 1.82) is 0 Å². The van der Waals surface area contributed by atoms with Gasteiger partial charge in [0.15, 0.2) is 0 Å². The summed E-state index contributed by atoms with van der Waals surface area (Å²) < 4.78 is 5.41. The molecule has 1 aromatic heterocycles. The van der Waals surface area contributed by atoms with Crippen LogP contribution < -0.4 is 0 Å². The maximum atomic E-state index is 8.24. The molecule has 2 rings (SSSR count). The maximum absolute atomic E-state index is 8.24. The predicted molar refractivity (Wildman–Crippen MR) is 44.6 cm³/mol. The summed E-state index contributed by atoms with van der Waals surface area (Å²) >= 11 is 0. The van der Waals surface area contributed by atoms with Gasteiger partial charge in [0.1, 0.15) is 17.7 Å². The fraction of sp³-hybridized carbons (Fsp3) is 0.444. The van der Waals surface area contributed by atoms with E-state index in [1.807, 2.05) is 12.1 Å². The first kappa shape index (κ1) is 7.40.